The maximum Gasteiger partial charge on any atom is 0.410 e. The number of carbonyl (C=O) groups is 2. The predicted molar refractivity (Wildman–Crippen MR) is 88.9 cm³/mol. The van der Waals surface area contributed by atoms with Gasteiger partial charge < -0.3 is 19.3 Å². The summed E-state index contributed by atoms with van der Waals surface area (Å²) in [5, 5.41) is 0. The molecule has 1 aliphatic rings. The van der Waals surface area contributed by atoms with Crippen LogP contribution in [0.5, 0.6) is 0 Å². The van der Waals surface area contributed by atoms with Crippen LogP contribution in [-0.4, -0.2) is 68.4 Å². The summed E-state index contributed by atoms with van der Waals surface area (Å²) in [5.74, 6) is 0. The molecule has 7 heteroatoms. The van der Waals surface area contributed by atoms with Gasteiger partial charge in [-0.3, -0.25) is 0 Å². The summed E-state index contributed by atoms with van der Waals surface area (Å²) in [6.45, 7) is 14.7. The average molecular weight is 331 g/mol. The van der Waals surface area contributed by atoms with Crippen LogP contribution < -0.4 is 0 Å². The van der Waals surface area contributed by atoms with Crippen LogP contribution in [0.15, 0.2) is 0 Å². The van der Waals surface area contributed by atoms with Gasteiger partial charge in [-0.2, -0.15) is 0 Å². The number of hydrogen-bond donors (Lipinski definition) is 0. The molecule has 0 bridgehead atoms. The van der Waals surface area contributed by atoms with E-state index in [1.165, 1.54) is 0 Å². The molecule has 0 unspecified atom stereocenters. The van der Waals surface area contributed by atoms with Gasteiger partial charge in [0, 0.05) is 34.3 Å². The molecule has 0 aliphatic carbocycles. The maximum absolute atomic E-state index is 12.0. The summed E-state index contributed by atoms with van der Waals surface area (Å²) in [6.07, 6.45) is -0.596. The highest BCUT2D eigenvalue weighted by atomic mass is 28.3. The number of rotatable bonds is 3. The Labute approximate surface area is 134 Å². The van der Waals surface area contributed by atoms with Crippen LogP contribution in [0.2, 0.25) is 25.7 Å². The van der Waals surface area contributed by atoms with Gasteiger partial charge in [0.15, 0.2) is 0 Å². The Morgan fingerprint density at radius 3 is 1.82 bits per heavy atom. The molecule has 1 heterocycles. The summed E-state index contributed by atoms with van der Waals surface area (Å²) in [6, 6.07) is 0.969. The molecule has 0 aromatic heterocycles. The van der Waals surface area contributed by atoms with Gasteiger partial charge in [-0.1, -0.05) is 19.6 Å². The molecular weight excluding hydrogens is 300 g/mol. The number of ether oxygens (including phenoxy) is 2. The minimum Gasteiger partial charge on any atom is -0.450 e. The zero-order valence-electron chi connectivity index (χ0n) is 14.8. The molecule has 0 spiro atoms. The summed E-state index contributed by atoms with van der Waals surface area (Å²) in [4.78, 5) is 27.2. The van der Waals surface area contributed by atoms with Crippen molar-refractivity contribution in [1.82, 2.24) is 9.80 Å². The second-order valence-corrected chi connectivity index (χ2v) is 13.5. The third kappa shape index (κ3) is 7.15. The van der Waals surface area contributed by atoms with E-state index in [1.807, 2.05) is 20.8 Å². The minimum atomic E-state index is -1.19. The Balaban J connectivity index is 2.32. The SMILES string of the molecule is CC(C)(C)OC(=O)N1CCN(C(=O)OCC[Si](C)(C)C)CC1. The molecule has 2 amide bonds. The summed E-state index contributed by atoms with van der Waals surface area (Å²) < 4.78 is 10.7. The second kappa shape index (κ2) is 7.35. The molecule has 1 saturated heterocycles. The Bertz CT molecular complexity index is 393. The zero-order chi connectivity index (χ0) is 17.0. The molecule has 0 aromatic carbocycles. The van der Waals surface area contributed by atoms with Crippen LogP contribution in [0.25, 0.3) is 0 Å². The smallest absolute Gasteiger partial charge is 0.410 e. The highest BCUT2D eigenvalue weighted by Gasteiger charge is 2.28. The van der Waals surface area contributed by atoms with Crippen LogP contribution in [0.3, 0.4) is 0 Å². The van der Waals surface area contributed by atoms with Crippen molar-refractivity contribution in [3.05, 3.63) is 0 Å². The summed E-state index contributed by atoms with van der Waals surface area (Å²) >= 11 is 0. The van der Waals surface area contributed by atoms with E-state index in [2.05, 4.69) is 19.6 Å². The molecule has 0 atom stereocenters. The van der Waals surface area contributed by atoms with E-state index < -0.39 is 13.7 Å². The fraction of sp³-hybridized carbons (Fsp3) is 0.867. The topological polar surface area (TPSA) is 59.1 Å². The van der Waals surface area contributed by atoms with Gasteiger partial charge in [-0.05, 0) is 26.8 Å². The fourth-order valence-electron chi connectivity index (χ4n) is 1.93. The van der Waals surface area contributed by atoms with E-state index >= 15 is 0 Å². The maximum atomic E-state index is 12.0. The largest absolute Gasteiger partial charge is 0.450 e. The van der Waals surface area contributed by atoms with E-state index in [-0.39, 0.29) is 12.2 Å². The molecule has 0 aromatic rings. The molecule has 1 aliphatic heterocycles. The van der Waals surface area contributed by atoms with Crippen LogP contribution in [0.1, 0.15) is 20.8 Å². The fourth-order valence-corrected chi connectivity index (χ4v) is 2.65. The lowest BCUT2D eigenvalue weighted by molar-refractivity contribution is 0.0132. The quantitative estimate of drug-likeness (QED) is 0.746. The minimum absolute atomic E-state index is 0.276. The van der Waals surface area contributed by atoms with Crippen molar-refractivity contribution in [1.29, 1.82) is 0 Å². The molecule has 6 nitrogen and oxygen atoms in total. The van der Waals surface area contributed by atoms with Crippen molar-refractivity contribution >= 4 is 20.3 Å². The first-order chi connectivity index (χ1) is 9.98. The molecule has 0 saturated carbocycles. The first kappa shape index (κ1) is 18.8. The Morgan fingerprint density at radius 2 is 1.41 bits per heavy atom. The Hall–Kier alpha value is -1.24. The Kier molecular flexibility index (Phi) is 6.28. The van der Waals surface area contributed by atoms with E-state index in [4.69, 9.17) is 9.47 Å². The third-order valence-electron chi connectivity index (χ3n) is 3.27. The summed E-state index contributed by atoms with van der Waals surface area (Å²) in [7, 11) is -1.19. The number of nitrogens with zero attached hydrogens (tertiary/aromatic N) is 2. The highest BCUT2D eigenvalue weighted by molar-refractivity contribution is 6.76. The number of hydrogen-bond acceptors (Lipinski definition) is 4. The van der Waals surface area contributed by atoms with E-state index in [9.17, 15) is 9.59 Å². The lowest BCUT2D eigenvalue weighted by atomic mass is 10.2. The van der Waals surface area contributed by atoms with Gasteiger partial charge in [0.1, 0.15) is 5.60 Å². The number of amides is 2. The van der Waals surface area contributed by atoms with Crippen LogP contribution in [0.4, 0.5) is 9.59 Å². The van der Waals surface area contributed by atoms with Gasteiger partial charge in [-0.15, -0.1) is 0 Å². The molecule has 1 rings (SSSR count). The monoisotopic (exact) mass is 330 g/mol. The molecule has 0 N–H and O–H groups in total. The predicted octanol–water partition coefficient (Wildman–Crippen LogP) is 3.01. The molecular formula is C15H30N2O4Si. The van der Waals surface area contributed by atoms with Crippen molar-refractivity contribution < 1.29 is 19.1 Å². The number of piperazine rings is 1. The third-order valence-corrected chi connectivity index (χ3v) is 4.97. The van der Waals surface area contributed by atoms with E-state index in [0.717, 1.165) is 6.04 Å². The first-order valence-corrected chi connectivity index (χ1v) is 11.6. The van der Waals surface area contributed by atoms with Gasteiger partial charge in [0.05, 0.1) is 6.61 Å². The van der Waals surface area contributed by atoms with Crippen LogP contribution >= 0.6 is 0 Å². The van der Waals surface area contributed by atoms with E-state index in [1.54, 1.807) is 9.80 Å². The lowest BCUT2D eigenvalue weighted by Gasteiger charge is -2.35. The average Bonchev–Trinajstić information content (AvgIpc) is 2.35. The van der Waals surface area contributed by atoms with Crippen LogP contribution in [-0.2, 0) is 9.47 Å². The molecule has 0 radical (unpaired) electrons. The first-order valence-electron chi connectivity index (χ1n) is 7.87. The lowest BCUT2D eigenvalue weighted by Crippen LogP contribution is -2.51. The second-order valence-electron chi connectivity index (χ2n) is 7.88. The van der Waals surface area contributed by atoms with Crippen molar-refractivity contribution in [3.63, 3.8) is 0 Å². The Morgan fingerprint density at radius 1 is 0.955 bits per heavy atom. The van der Waals surface area contributed by atoms with Crippen molar-refractivity contribution in [2.24, 2.45) is 0 Å². The van der Waals surface area contributed by atoms with Crippen molar-refractivity contribution in [2.75, 3.05) is 32.8 Å². The van der Waals surface area contributed by atoms with E-state index in [0.29, 0.717) is 32.8 Å². The van der Waals surface area contributed by atoms with Crippen molar-refractivity contribution in [3.8, 4) is 0 Å². The number of carbonyl (C=O) groups excluding carboxylic acids is 2. The molecule has 128 valence electrons. The summed E-state index contributed by atoms with van der Waals surface area (Å²) in [5.41, 5.74) is -0.496. The molecule has 1 fully saturated rings. The van der Waals surface area contributed by atoms with Crippen LogP contribution in [0, 0.1) is 0 Å². The van der Waals surface area contributed by atoms with Gasteiger partial charge in [0.2, 0.25) is 0 Å². The highest BCUT2D eigenvalue weighted by Crippen LogP contribution is 2.13. The zero-order valence-corrected chi connectivity index (χ0v) is 15.8. The van der Waals surface area contributed by atoms with Crippen molar-refractivity contribution in [2.45, 2.75) is 52.1 Å². The normalized spacial score (nSPS) is 16.5. The van der Waals surface area contributed by atoms with Gasteiger partial charge in [0.25, 0.3) is 0 Å². The standard InChI is InChI=1S/C15H30N2O4Si/c1-15(2,3)21-14(19)17-9-7-16(8-10-17)13(18)20-11-12-22(4,5)6/h7-12H2,1-6H3. The van der Waals surface area contributed by atoms with Gasteiger partial charge in [-0.25, -0.2) is 9.59 Å². The molecule has 22 heavy (non-hydrogen) atoms. The van der Waals surface area contributed by atoms with Gasteiger partial charge >= 0.3 is 12.2 Å².